The summed E-state index contributed by atoms with van der Waals surface area (Å²) in [7, 11) is 4.28. The van der Waals surface area contributed by atoms with Crippen LogP contribution in [0.5, 0.6) is 0 Å². The summed E-state index contributed by atoms with van der Waals surface area (Å²) in [6.45, 7) is 6.84. The number of hydrogen-bond acceptors (Lipinski definition) is 3. The van der Waals surface area contributed by atoms with Gasteiger partial charge in [-0.1, -0.05) is 31.5 Å². The van der Waals surface area contributed by atoms with Crippen molar-refractivity contribution in [3.05, 3.63) is 29.8 Å². The molecule has 106 valence electrons. The molecule has 1 atom stereocenters. The van der Waals surface area contributed by atoms with Gasteiger partial charge in [-0.25, -0.2) is 0 Å². The van der Waals surface area contributed by atoms with Gasteiger partial charge in [-0.05, 0) is 32.1 Å². The van der Waals surface area contributed by atoms with E-state index in [0.29, 0.717) is 6.04 Å². The van der Waals surface area contributed by atoms with Crippen LogP contribution in [0.4, 0.5) is 5.69 Å². The Balaban J connectivity index is 2.20. The van der Waals surface area contributed by atoms with Crippen molar-refractivity contribution in [1.82, 2.24) is 10.2 Å². The zero-order chi connectivity index (χ0) is 13.7. The van der Waals surface area contributed by atoms with Crippen molar-refractivity contribution in [1.29, 1.82) is 0 Å². The van der Waals surface area contributed by atoms with Gasteiger partial charge < -0.3 is 15.1 Å². The third-order valence-electron chi connectivity index (χ3n) is 4.08. The highest BCUT2D eigenvalue weighted by atomic mass is 15.2. The molecular formula is C16H27N3. The van der Waals surface area contributed by atoms with E-state index < -0.39 is 0 Å². The number of rotatable bonds is 5. The molecule has 1 N–H and O–H groups in total. The maximum absolute atomic E-state index is 3.47. The summed E-state index contributed by atoms with van der Waals surface area (Å²) in [5.74, 6) is 0. The highest BCUT2D eigenvalue weighted by Crippen LogP contribution is 2.29. The third-order valence-corrected chi connectivity index (χ3v) is 4.08. The highest BCUT2D eigenvalue weighted by Gasteiger charge is 2.19. The number of para-hydroxylation sites is 1. The van der Waals surface area contributed by atoms with Crippen LogP contribution in [0.3, 0.4) is 0 Å². The molecule has 1 saturated heterocycles. The molecule has 1 heterocycles. The molecule has 19 heavy (non-hydrogen) atoms. The van der Waals surface area contributed by atoms with E-state index in [4.69, 9.17) is 0 Å². The summed E-state index contributed by atoms with van der Waals surface area (Å²) in [6.07, 6.45) is 2.41. The van der Waals surface area contributed by atoms with Crippen LogP contribution in [-0.4, -0.2) is 45.2 Å². The molecule has 2 rings (SSSR count). The van der Waals surface area contributed by atoms with Gasteiger partial charge >= 0.3 is 0 Å². The van der Waals surface area contributed by atoms with Gasteiger partial charge in [-0.2, -0.15) is 0 Å². The molecule has 0 amide bonds. The topological polar surface area (TPSA) is 18.5 Å². The van der Waals surface area contributed by atoms with Crippen molar-refractivity contribution in [3.63, 3.8) is 0 Å². The first-order valence-corrected chi connectivity index (χ1v) is 7.46. The quantitative estimate of drug-likeness (QED) is 0.878. The van der Waals surface area contributed by atoms with E-state index in [9.17, 15) is 0 Å². The summed E-state index contributed by atoms with van der Waals surface area (Å²) < 4.78 is 0. The minimum absolute atomic E-state index is 0.473. The first kappa shape index (κ1) is 14.4. The van der Waals surface area contributed by atoms with Crippen LogP contribution in [-0.2, 0) is 0 Å². The van der Waals surface area contributed by atoms with Crippen molar-refractivity contribution in [3.8, 4) is 0 Å². The molecule has 1 aromatic rings. The predicted octanol–water partition coefficient (Wildman–Crippen LogP) is 2.50. The molecule has 0 spiro atoms. The van der Waals surface area contributed by atoms with E-state index >= 15 is 0 Å². The van der Waals surface area contributed by atoms with Gasteiger partial charge in [-0.3, -0.25) is 0 Å². The zero-order valence-electron chi connectivity index (χ0n) is 12.5. The second kappa shape index (κ2) is 6.92. The fraction of sp³-hybridized carbons (Fsp3) is 0.625. The van der Waals surface area contributed by atoms with Gasteiger partial charge in [0.1, 0.15) is 0 Å². The average Bonchev–Trinajstić information content (AvgIpc) is 2.46. The van der Waals surface area contributed by atoms with Crippen LogP contribution in [0.25, 0.3) is 0 Å². The lowest BCUT2D eigenvalue weighted by molar-refractivity contribution is 0.312. The average molecular weight is 261 g/mol. The van der Waals surface area contributed by atoms with Crippen molar-refractivity contribution < 1.29 is 0 Å². The van der Waals surface area contributed by atoms with Crippen LogP contribution in [0.15, 0.2) is 24.3 Å². The lowest BCUT2D eigenvalue weighted by atomic mass is 9.99. The van der Waals surface area contributed by atoms with Crippen molar-refractivity contribution in [2.75, 3.05) is 45.2 Å². The van der Waals surface area contributed by atoms with Crippen LogP contribution in [0.1, 0.15) is 31.4 Å². The fourth-order valence-corrected chi connectivity index (χ4v) is 2.86. The van der Waals surface area contributed by atoms with Gasteiger partial charge in [0, 0.05) is 37.9 Å². The van der Waals surface area contributed by atoms with Gasteiger partial charge in [0.15, 0.2) is 0 Å². The summed E-state index contributed by atoms with van der Waals surface area (Å²) in [5.41, 5.74) is 2.87. The van der Waals surface area contributed by atoms with Crippen molar-refractivity contribution in [2.45, 2.75) is 25.8 Å². The normalized spacial score (nSPS) is 18.6. The standard InChI is InChI=1S/C16H27N3/c1-4-7-15(17-2)14-8-5-6-9-16(14)19-12-10-18(3)11-13-19/h5-6,8-9,15,17H,4,7,10-13H2,1-3H3. The molecule has 1 aliphatic rings. The second-order valence-electron chi connectivity index (χ2n) is 5.48. The maximum atomic E-state index is 3.47. The molecule has 1 aromatic carbocycles. The smallest absolute Gasteiger partial charge is 0.0415 e. The summed E-state index contributed by atoms with van der Waals surface area (Å²) in [4.78, 5) is 4.94. The number of likely N-dealkylation sites (N-methyl/N-ethyl adjacent to an activating group) is 1. The van der Waals surface area contributed by atoms with Gasteiger partial charge in [0.2, 0.25) is 0 Å². The lowest BCUT2D eigenvalue weighted by Crippen LogP contribution is -2.45. The number of anilines is 1. The zero-order valence-corrected chi connectivity index (χ0v) is 12.5. The molecule has 0 aromatic heterocycles. The van der Waals surface area contributed by atoms with E-state index in [1.54, 1.807) is 0 Å². The molecule has 3 heteroatoms. The first-order chi connectivity index (χ1) is 9.26. The Bertz CT molecular complexity index is 383. The van der Waals surface area contributed by atoms with Crippen LogP contribution in [0.2, 0.25) is 0 Å². The number of benzene rings is 1. The molecule has 0 saturated carbocycles. The Morgan fingerprint density at radius 1 is 1.16 bits per heavy atom. The summed E-state index contributed by atoms with van der Waals surface area (Å²) >= 11 is 0. The fourth-order valence-electron chi connectivity index (χ4n) is 2.86. The highest BCUT2D eigenvalue weighted by molar-refractivity contribution is 5.55. The van der Waals surface area contributed by atoms with E-state index in [0.717, 1.165) is 26.2 Å². The SMILES string of the molecule is CCCC(NC)c1ccccc1N1CCN(C)CC1. The Kier molecular flexibility index (Phi) is 5.23. The Morgan fingerprint density at radius 3 is 2.47 bits per heavy atom. The largest absolute Gasteiger partial charge is 0.369 e. The molecule has 1 aliphatic heterocycles. The molecular weight excluding hydrogens is 234 g/mol. The maximum Gasteiger partial charge on any atom is 0.0415 e. The first-order valence-electron chi connectivity index (χ1n) is 7.46. The summed E-state index contributed by atoms with van der Waals surface area (Å²) in [5, 5.41) is 3.47. The number of piperazine rings is 1. The molecule has 0 aliphatic carbocycles. The number of nitrogens with one attached hydrogen (secondary N) is 1. The van der Waals surface area contributed by atoms with E-state index in [1.165, 1.54) is 24.1 Å². The van der Waals surface area contributed by atoms with Crippen molar-refractivity contribution in [2.24, 2.45) is 0 Å². The molecule has 1 unspecified atom stereocenters. The Morgan fingerprint density at radius 2 is 1.84 bits per heavy atom. The molecule has 0 bridgehead atoms. The Hall–Kier alpha value is -1.06. The minimum Gasteiger partial charge on any atom is -0.369 e. The van der Waals surface area contributed by atoms with Gasteiger partial charge in [0.05, 0.1) is 0 Å². The lowest BCUT2D eigenvalue weighted by Gasteiger charge is -2.36. The predicted molar refractivity (Wildman–Crippen MR) is 82.9 cm³/mol. The van der Waals surface area contributed by atoms with E-state index in [2.05, 4.69) is 60.4 Å². The third kappa shape index (κ3) is 3.48. The minimum atomic E-state index is 0.473. The number of hydrogen-bond donors (Lipinski definition) is 1. The van der Waals surface area contributed by atoms with Gasteiger partial charge in [-0.15, -0.1) is 0 Å². The molecule has 1 fully saturated rings. The monoisotopic (exact) mass is 261 g/mol. The summed E-state index contributed by atoms with van der Waals surface area (Å²) in [6, 6.07) is 9.36. The van der Waals surface area contributed by atoms with E-state index in [1.807, 2.05) is 0 Å². The van der Waals surface area contributed by atoms with Crippen molar-refractivity contribution >= 4 is 5.69 Å². The van der Waals surface area contributed by atoms with Crippen LogP contribution < -0.4 is 10.2 Å². The molecule has 3 nitrogen and oxygen atoms in total. The van der Waals surface area contributed by atoms with E-state index in [-0.39, 0.29) is 0 Å². The van der Waals surface area contributed by atoms with Gasteiger partial charge in [0.25, 0.3) is 0 Å². The van der Waals surface area contributed by atoms with Crippen LogP contribution in [0, 0.1) is 0 Å². The second-order valence-corrected chi connectivity index (χ2v) is 5.48. The van der Waals surface area contributed by atoms with Crippen LogP contribution >= 0.6 is 0 Å². The Labute approximate surface area is 117 Å². The number of nitrogens with zero attached hydrogens (tertiary/aromatic N) is 2. The molecule has 0 radical (unpaired) electrons.